The second kappa shape index (κ2) is 5.31. The van der Waals surface area contributed by atoms with E-state index >= 15 is 0 Å². The second-order valence-corrected chi connectivity index (χ2v) is 4.86. The summed E-state index contributed by atoms with van der Waals surface area (Å²) >= 11 is 3.35. The number of carbonyl (C=O) groups excluding carboxylic acids is 1. The average Bonchev–Trinajstić information content (AvgIpc) is 2.68. The molecular formula is C12H13BrN4O2. The van der Waals surface area contributed by atoms with Gasteiger partial charge in [-0.15, -0.1) is 0 Å². The molecule has 0 bridgehead atoms. The lowest BCUT2D eigenvalue weighted by atomic mass is 10.2. The van der Waals surface area contributed by atoms with Crippen LogP contribution in [0.1, 0.15) is 16.1 Å². The first-order valence-electron chi connectivity index (χ1n) is 5.47. The van der Waals surface area contributed by atoms with E-state index in [0.29, 0.717) is 22.7 Å². The van der Waals surface area contributed by atoms with Crippen molar-refractivity contribution < 1.29 is 9.53 Å². The lowest BCUT2D eigenvalue weighted by molar-refractivity contribution is 0.102. The first-order valence-corrected chi connectivity index (χ1v) is 6.27. The molecule has 1 aromatic heterocycles. The van der Waals surface area contributed by atoms with Crippen LogP contribution in [0, 0.1) is 6.92 Å². The van der Waals surface area contributed by atoms with Crippen LogP contribution in [0.3, 0.4) is 0 Å². The van der Waals surface area contributed by atoms with Gasteiger partial charge in [-0.05, 0) is 19.1 Å². The van der Waals surface area contributed by atoms with Crippen molar-refractivity contribution in [2.75, 3.05) is 18.2 Å². The molecule has 1 heterocycles. The molecular weight excluding hydrogens is 312 g/mol. The zero-order chi connectivity index (χ0) is 14.0. The number of anilines is 2. The fourth-order valence-electron chi connectivity index (χ4n) is 1.68. The summed E-state index contributed by atoms with van der Waals surface area (Å²) in [5, 5.41) is 9.21. The predicted octanol–water partition coefficient (Wildman–Crippen LogP) is 2.32. The number of benzene rings is 1. The normalized spacial score (nSPS) is 10.3. The minimum absolute atomic E-state index is 0.178. The molecule has 6 nitrogen and oxygen atoms in total. The average molecular weight is 325 g/mol. The fraction of sp³-hybridized carbons (Fsp3) is 0.167. The molecule has 0 radical (unpaired) electrons. The van der Waals surface area contributed by atoms with E-state index in [1.165, 1.54) is 0 Å². The minimum atomic E-state index is -0.316. The summed E-state index contributed by atoms with van der Waals surface area (Å²) in [6, 6.07) is 5.29. The van der Waals surface area contributed by atoms with Crippen LogP contribution in [-0.4, -0.2) is 23.2 Å². The Labute approximate surface area is 118 Å². The zero-order valence-electron chi connectivity index (χ0n) is 10.5. The number of nitrogen functional groups attached to an aromatic ring is 1. The zero-order valence-corrected chi connectivity index (χ0v) is 12.0. The van der Waals surface area contributed by atoms with Gasteiger partial charge in [0.15, 0.2) is 5.82 Å². The van der Waals surface area contributed by atoms with Crippen molar-refractivity contribution in [1.29, 1.82) is 0 Å². The Balaban J connectivity index is 2.26. The summed E-state index contributed by atoms with van der Waals surface area (Å²) in [5.74, 6) is 0.502. The van der Waals surface area contributed by atoms with E-state index in [-0.39, 0.29) is 11.7 Å². The number of rotatable bonds is 3. The Morgan fingerprint density at radius 1 is 1.47 bits per heavy atom. The highest BCUT2D eigenvalue weighted by atomic mass is 79.9. The predicted molar refractivity (Wildman–Crippen MR) is 76.4 cm³/mol. The molecule has 0 spiro atoms. The summed E-state index contributed by atoms with van der Waals surface area (Å²) in [7, 11) is 1.56. The first-order chi connectivity index (χ1) is 9.01. The van der Waals surface area contributed by atoms with E-state index in [1.54, 1.807) is 32.2 Å². The summed E-state index contributed by atoms with van der Waals surface area (Å²) in [6.45, 7) is 1.74. The van der Waals surface area contributed by atoms with Gasteiger partial charge in [-0.2, -0.15) is 5.10 Å². The smallest absolute Gasteiger partial charge is 0.261 e. The molecule has 4 N–H and O–H groups in total. The number of halogens is 1. The molecule has 19 heavy (non-hydrogen) atoms. The van der Waals surface area contributed by atoms with Gasteiger partial charge in [0.1, 0.15) is 11.3 Å². The number of ether oxygens (including phenoxy) is 1. The molecule has 100 valence electrons. The molecule has 0 saturated heterocycles. The number of carbonyl (C=O) groups is 1. The largest absolute Gasteiger partial charge is 0.497 e. The van der Waals surface area contributed by atoms with Crippen LogP contribution in [0.2, 0.25) is 0 Å². The highest BCUT2D eigenvalue weighted by molar-refractivity contribution is 9.10. The van der Waals surface area contributed by atoms with Crippen molar-refractivity contribution in [1.82, 2.24) is 10.2 Å². The summed E-state index contributed by atoms with van der Waals surface area (Å²) in [4.78, 5) is 12.1. The number of hydrogen-bond acceptors (Lipinski definition) is 4. The summed E-state index contributed by atoms with van der Waals surface area (Å²) < 4.78 is 5.94. The van der Waals surface area contributed by atoms with Gasteiger partial charge in [0.25, 0.3) is 5.91 Å². The van der Waals surface area contributed by atoms with Crippen molar-refractivity contribution >= 4 is 33.3 Å². The van der Waals surface area contributed by atoms with Gasteiger partial charge >= 0.3 is 0 Å². The summed E-state index contributed by atoms with van der Waals surface area (Å²) in [5.41, 5.74) is 7.22. The van der Waals surface area contributed by atoms with E-state index < -0.39 is 0 Å². The van der Waals surface area contributed by atoms with E-state index in [4.69, 9.17) is 10.5 Å². The first kappa shape index (κ1) is 13.4. The number of aryl methyl sites for hydroxylation is 1. The van der Waals surface area contributed by atoms with Crippen LogP contribution < -0.4 is 15.8 Å². The Morgan fingerprint density at radius 3 is 2.79 bits per heavy atom. The van der Waals surface area contributed by atoms with Crippen LogP contribution in [0.25, 0.3) is 0 Å². The maximum absolute atomic E-state index is 12.1. The number of hydrogen-bond donors (Lipinski definition) is 3. The molecule has 2 rings (SSSR count). The number of aromatic nitrogens is 2. The highest BCUT2D eigenvalue weighted by Gasteiger charge is 2.16. The molecule has 0 atom stereocenters. The van der Waals surface area contributed by atoms with E-state index in [0.717, 1.165) is 4.47 Å². The Hall–Kier alpha value is -2.02. The number of methoxy groups -OCH3 is 1. The molecule has 2 aromatic rings. The third-order valence-electron chi connectivity index (χ3n) is 2.57. The molecule has 0 aliphatic rings. The van der Waals surface area contributed by atoms with Crippen LogP contribution >= 0.6 is 15.9 Å². The molecule has 0 aliphatic carbocycles. The number of nitrogens with two attached hydrogens (primary N) is 1. The van der Waals surface area contributed by atoms with Crippen molar-refractivity contribution in [3.8, 4) is 5.75 Å². The standard InChI is InChI=1S/C12H13BrN4O2/c1-6-10(11(14)17-16-6)12(18)15-8-3-7(13)4-9(5-8)19-2/h3-5H,1-2H3,(H,15,18)(H3,14,16,17). The van der Waals surface area contributed by atoms with Gasteiger partial charge in [0.05, 0.1) is 7.11 Å². The fourth-order valence-corrected chi connectivity index (χ4v) is 2.15. The quantitative estimate of drug-likeness (QED) is 0.807. The van der Waals surface area contributed by atoms with E-state index in [1.807, 2.05) is 0 Å². The van der Waals surface area contributed by atoms with Gasteiger partial charge in [0, 0.05) is 21.9 Å². The van der Waals surface area contributed by atoms with Crippen molar-refractivity contribution in [2.24, 2.45) is 0 Å². The lowest BCUT2D eigenvalue weighted by Gasteiger charge is -2.08. The Bertz CT molecular complexity index is 605. The number of nitrogens with one attached hydrogen (secondary N) is 2. The number of amides is 1. The third-order valence-corrected chi connectivity index (χ3v) is 3.02. The van der Waals surface area contributed by atoms with Crippen LogP contribution in [-0.2, 0) is 0 Å². The second-order valence-electron chi connectivity index (χ2n) is 3.94. The van der Waals surface area contributed by atoms with Crippen LogP contribution in [0.5, 0.6) is 5.75 Å². The Kier molecular flexibility index (Phi) is 3.75. The van der Waals surface area contributed by atoms with Crippen molar-refractivity contribution in [3.05, 3.63) is 33.9 Å². The number of H-pyrrole nitrogens is 1. The molecule has 7 heteroatoms. The monoisotopic (exact) mass is 324 g/mol. The number of aromatic amines is 1. The maximum atomic E-state index is 12.1. The van der Waals surface area contributed by atoms with Gasteiger partial charge in [0.2, 0.25) is 0 Å². The van der Waals surface area contributed by atoms with E-state index in [9.17, 15) is 4.79 Å². The highest BCUT2D eigenvalue weighted by Crippen LogP contribution is 2.25. The third kappa shape index (κ3) is 2.87. The van der Waals surface area contributed by atoms with Crippen LogP contribution in [0.4, 0.5) is 11.5 Å². The SMILES string of the molecule is COc1cc(Br)cc(NC(=O)c2c(N)n[nH]c2C)c1. The molecule has 1 aromatic carbocycles. The van der Waals surface area contributed by atoms with Gasteiger partial charge < -0.3 is 15.8 Å². The van der Waals surface area contributed by atoms with Gasteiger partial charge in [-0.3, -0.25) is 9.89 Å². The van der Waals surface area contributed by atoms with Crippen molar-refractivity contribution in [3.63, 3.8) is 0 Å². The lowest BCUT2D eigenvalue weighted by Crippen LogP contribution is -2.14. The topological polar surface area (TPSA) is 93.0 Å². The van der Waals surface area contributed by atoms with Gasteiger partial charge in [-0.25, -0.2) is 0 Å². The molecule has 0 unspecified atom stereocenters. The molecule has 0 aliphatic heterocycles. The summed E-state index contributed by atoms with van der Waals surface area (Å²) in [6.07, 6.45) is 0. The maximum Gasteiger partial charge on any atom is 0.261 e. The van der Waals surface area contributed by atoms with Crippen molar-refractivity contribution in [2.45, 2.75) is 6.92 Å². The minimum Gasteiger partial charge on any atom is -0.497 e. The number of nitrogens with zero attached hydrogens (tertiary/aromatic N) is 1. The van der Waals surface area contributed by atoms with E-state index in [2.05, 4.69) is 31.4 Å². The van der Waals surface area contributed by atoms with Gasteiger partial charge in [-0.1, -0.05) is 15.9 Å². The molecule has 1 amide bonds. The molecule has 0 saturated carbocycles. The van der Waals surface area contributed by atoms with Crippen LogP contribution in [0.15, 0.2) is 22.7 Å². The molecule has 0 fully saturated rings. The Morgan fingerprint density at radius 2 is 2.21 bits per heavy atom.